The summed E-state index contributed by atoms with van der Waals surface area (Å²) in [7, 11) is 0. The molecule has 0 aromatic heterocycles. The zero-order chi connectivity index (χ0) is 12.0. The van der Waals surface area contributed by atoms with Crippen molar-refractivity contribution in [2.24, 2.45) is 0 Å². The molecule has 0 saturated heterocycles. The van der Waals surface area contributed by atoms with Gasteiger partial charge in [-0.05, 0) is 31.0 Å². The van der Waals surface area contributed by atoms with Crippen molar-refractivity contribution in [3.63, 3.8) is 0 Å². The van der Waals surface area contributed by atoms with E-state index in [9.17, 15) is 4.79 Å². The van der Waals surface area contributed by atoms with Gasteiger partial charge < -0.3 is 10.4 Å². The highest BCUT2D eigenvalue weighted by atomic mass is 79.9. The molecule has 88 valence electrons. The normalized spacial score (nSPS) is 12.2. The van der Waals surface area contributed by atoms with Crippen molar-refractivity contribution in [1.29, 1.82) is 0 Å². The Morgan fingerprint density at radius 2 is 2.31 bits per heavy atom. The molecule has 1 amide bonds. The lowest BCUT2D eigenvalue weighted by atomic mass is 10.1. The monoisotopic (exact) mass is 285 g/mol. The van der Waals surface area contributed by atoms with E-state index in [4.69, 9.17) is 5.11 Å². The van der Waals surface area contributed by atoms with Gasteiger partial charge in [0.2, 0.25) is 5.91 Å². The summed E-state index contributed by atoms with van der Waals surface area (Å²) in [5, 5.41) is 11.5. The molecule has 16 heavy (non-hydrogen) atoms. The maximum Gasteiger partial charge on any atom is 0.220 e. The Labute approximate surface area is 104 Å². The van der Waals surface area contributed by atoms with Crippen LogP contribution in [0.3, 0.4) is 0 Å². The first-order valence-corrected chi connectivity index (χ1v) is 6.08. The van der Waals surface area contributed by atoms with E-state index in [0.29, 0.717) is 12.8 Å². The van der Waals surface area contributed by atoms with Crippen LogP contribution >= 0.6 is 15.9 Å². The van der Waals surface area contributed by atoms with Crippen LogP contribution < -0.4 is 5.32 Å². The fourth-order valence-electron chi connectivity index (χ4n) is 1.41. The fraction of sp³-hybridized carbons (Fsp3) is 0.417. The van der Waals surface area contributed by atoms with Crippen molar-refractivity contribution in [2.75, 3.05) is 6.61 Å². The molecule has 0 unspecified atom stereocenters. The predicted octanol–water partition coefficient (Wildman–Crippen LogP) is 2.40. The second-order valence-electron chi connectivity index (χ2n) is 3.67. The van der Waals surface area contributed by atoms with Gasteiger partial charge in [0.15, 0.2) is 0 Å². The molecule has 0 spiro atoms. The van der Waals surface area contributed by atoms with Gasteiger partial charge in [-0.15, -0.1) is 0 Å². The Balaban J connectivity index is 2.52. The molecule has 1 aromatic rings. The van der Waals surface area contributed by atoms with Crippen LogP contribution in [0.4, 0.5) is 0 Å². The Hall–Kier alpha value is -0.870. The van der Waals surface area contributed by atoms with E-state index < -0.39 is 0 Å². The molecule has 0 aliphatic heterocycles. The topological polar surface area (TPSA) is 49.3 Å². The number of nitrogens with one attached hydrogen (secondary N) is 1. The van der Waals surface area contributed by atoms with Gasteiger partial charge in [0.05, 0.1) is 6.04 Å². The molecular formula is C12H16BrNO2. The highest BCUT2D eigenvalue weighted by molar-refractivity contribution is 9.10. The highest BCUT2D eigenvalue weighted by Crippen LogP contribution is 2.17. The number of amides is 1. The molecule has 1 atom stereocenters. The number of aliphatic hydroxyl groups is 1. The maximum atomic E-state index is 11.4. The highest BCUT2D eigenvalue weighted by Gasteiger charge is 2.08. The minimum Gasteiger partial charge on any atom is -0.396 e. The van der Waals surface area contributed by atoms with Crippen LogP contribution in [0.5, 0.6) is 0 Å². The summed E-state index contributed by atoms with van der Waals surface area (Å²) >= 11 is 3.39. The van der Waals surface area contributed by atoms with Crippen LogP contribution in [0, 0.1) is 0 Å². The molecule has 0 saturated carbocycles. The Kier molecular flexibility index (Phi) is 5.49. The van der Waals surface area contributed by atoms with Gasteiger partial charge in [-0.1, -0.05) is 28.1 Å². The molecule has 0 fully saturated rings. The van der Waals surface area contributed by atoms with Gasteiger partial charge in [0.25, 0.3) is 0 Å². The van der Waals surface area contributed by atoms with Crippen molar-refractivity contribution in [2.45, 2.75) is 25.8 Å². The van der Waals surface area contributed by atoms with E-state index in [0.717, 1.165) is 10.0 Å². The van der Waals surface area contributed by atoms with E-state index in [1.54, 1.807) is 0 Å². The van der Waals surface area contributed by atoms with Crippen molar-refractivity contribution in [3.8, 4) is 0 Å². The largest absolute Gasteiger partial charge is 0.396 e. The lowest BCUT2D eigenvalue weighted by Crippen LogP contribution is -2.26. The number of rotatable bonds is 5. The third-order valence-corrected chi connectivity index (χ3v) is 2.78. The minimum atomic E-state index is -0.0264. The number of aliphatic hydroxyl groups excluding tert-OH is 1. The Morgan fingerprint density at radius 1 is 1.56 bits per heavy atom. The summed E-state index contributed by atoms with van der Waals surface area (Å²) in [4.78, 5) is 11.4. The molecule has 2 N–H and O–H groups in total. The summed E-state index contributed by atoms with van der Waals surface area (Å²) in [5.41, 5.74) is 1.06. The van der Waals surface area contributed by atoms with Crippen molar-refractivity contribution in [1.82, 2.24) is 5.32 Å². The number of carbonyl (C=O) groups is 1. The van der Waals surface area contributed by atoms with E-state index in [-0.39, 0.29) is 18.6 Å². The quantitative estimate of drug-likeness (QED) is 0.873. The van der Waals surface area contributed by atoms with Crippen molar-refractivity contribution >= 4 is 21.8 Å². The van der Waals surface area contributed by atoms with Gasteiger partial charge >= 0.3 is 0 Å². The Bertz CT molecular complexity index is 355. The van der Waals surface area contributed by atoms with Crippen molar-refractivity contribution in [3.05, 3.63) is 34.3 Å². The first-order valence-electron chi connectivity index (χ1n) is 5.29. The second-order valence-corrected chi connectivity index (χ2v) is 4.59. The standard InChI is InChI=1S/C12H16BrNO2/c1-9(14-12(16)6-3-7-15)10-4-2-5-11(13)8-10/h2,4-5,8-9,15H,3,6-7H2,1H3,(H,14,16)/t9-/m0/s1. The number of benzene rings is 1. The molecule has 0 aliphatic rings. The lowest BCUT2D eigenvalue weighted by Gasteiger charge is -2.14. The number of halogens is 1. The predicted molar refractivity (Wildman–Crippen MR) is 67.0 cm³/mol. The van der Waals surface area contributed by atoms with Gasteiger partial charge in [-0.2, -0.15) is 0 Å². The Morgan fingerprint density at radius 3 is 2.94 bits per heavy atom. The SMILES string of the molecule is C[C@H](NC(=O)CCCO)c1cccc(Br)c1. The van der Waals surface area contributed by atoms with Crippen LogP contribution in [-0.4, -0.2) is 17.6 Å². The van der Waals surface area contributed by atoms with Crippen LogP contribution in [0.2, 0.25) is 0 Å². The summed E-state index contributed by atoms with van der Waals surface area (Å²) in [6.07, 6.45) is 0.881. The van der Waals surface area contributed by atoms with Crippen LogP contribution in [0.25, 0.3) is 0 Å². The van der Waals surface area contributed by atoms with E-state index >= 15 is 0 Å². The van der Waals surface area contributed by atoms with E-state index in [1.165, 1.54) is 0 Å². The fourth-order valence-corrected chi connectivity index (χ4v) is 1.83. The average molecular weight is 286 g/mol. The molecule has 4 heteroatoms. The first kappa shape index (κ1) is 13.2. The molecule has 1 rings (SSSR count). The number of hydrogen-bond acceptors (Lipinski definition) is 2. The average Bonchev–Trinajstić information content (AvgIpc) is 2.26. The summed E-state index contributed by atoms with van der Waals surface area (Å²) < 4.78 is 1.00. The zero-order valence-corrected chi connectivity index (χ0v) is 10.8. The van der Waals surface area contributed by atoms with Gasteiger partial charge in [0.1, 0.15) is 0 Å². The van der Waals surface area contributed by atoms with Gasteiger partial charge in [-0.3, -0.25) is 4.79 Å². The minimum absolute atomic E-state index is 0.0105. The number of carbonyl (C=O) groups excluding carboxylic acids is 1. The molecule has 3 nitrogen and oxygen atoms in total. The zero-order valence-electron chi connectivity index (χ0n) is 9.24. The summed E-state index contributed by atoms with van der Waals surface area (Å²) in [6, 6.07) is 7.84. The number of hydrogen-bond donors (Lipinski definition) is 2. The summed E-state index contributed by atoms with van der Waals surface area (Å²) in [6.45, 7) is 2.00. The van der Waals surface area contributed by atoms with Crippen LogP contribution in [0.15, 0.2) is 28.7 Å². The van der Waals surface area contributed by atoms with Gasteiger partial charge in [0, 0.05) is 17.5 Å². The lowest BCUT2D eigenvalue weighted by molar-refractivity contribution is -0.122. The maximum absolute atomic E-state index is 11.4. The van der Waals surface area contributed by atoms with E-state index in [1.807, 2.05) is 31.2 Å². The van der Waals surface area contributed by atoms with Crippen molar-refractivity contribution < 1.29 is 9.90 Å². The molecule has 1 aromatic carbocycles. The molecule has 0 aliphatic carbocycles. The molecule has 0 radical (unpaired) electrons. The molecule has 0 bridgehead atoms. The van der Waals surface area contributed by atoms with Crippen LogP contribution in [0.1, 0.15) is 31.4 Å². The smallest absolute Gasteiger partial charge is 0.220 e. The third-order valence-electron chi connectivity index (χ3n) is 2.29. The third kappa shape index (κ3) is 4.33. The van der Waals surface area contributed by atoms with E-state index in [2.05, 4.69) is 21.2 Å². The molecule has 0 heterocycles. The van der Waals surface area contributed by atoms with Gasteiger partial charge in [-0.25, -0.2) is 0 Å². The summed E-state index contributed by atoms with van der Waals surface area (Å²) in [5.74, 6) is -0.0264. The van der Waals surface area contributed by atoms with Crippen LogP contribution in [-0.2, 0) is 4.79 Å². The first-order chi connectivity index (χ1) is 7.63. The second kappa shape index (κ2) is 6.66. The molecular weight excluding hydrogens is 270 g/mol.